The molecule has 2 rings (SSSR count). The quantitative estimate of drug-likeness (QED) is 0.853. The molecule has 1 N–H and O–H groups in total. The Morgan fingerprint density at radius 3 is 2.57 bits per heavy atom. The lowest BCUT2D eigenvalue weighted by Gasteiger charge is -2.15. The van der Waals surface area contributed by atoms with E-state index in [4.69, 9.17) is 11.6 Å². The van der Waals surface area contributed by atoms with Crippen molar-refractivity contribution in [2.24, 2.45) is 7.05 Å². The molecular formula is C16H17ClN4O2. The number of anilines is 1. The minimum absolute atomic E-state index is 0.214. The predicted molar refractivity (Wildman–Crippen MR) is 89.4 cm³/mol. The number of benzene rings is 1. The maximum absolute atomic E-state index is 12.1. The molecule has 0 saturated carbocycles. The number of nitrogens with zero attached hydrogens (tertiary/aromatic N) is 3. The van der Waals surface area contributed by atoms with Gasteiger partial charge in [-0.3, -0.25) is 9.59 Å². The molecule has 1 heterocycles. The van der Waals surface area contributed by atoms with Crippen molar-refractivity contribution in [2.45, 2.75) is 6.54 Å². The Morgan fingerprint density at radius 1 is 1.39 bits per heavy atom. The average molecular weight is 333 g/mol. The van der Waals surface area contributed by atoms with E-state index in [1.165, 1.54) is 17.2 Å². The third-order valence-electron chi connectivity index (χ3n) is 3.46. The van der Waals surface area contributed by atoms with Crippen LogP contribution in [0.4, 0.5) is 5.69 Å². The summed E-state index contributed by atoms with van der Waals surface area (Å²) in [5.74, 6) is 0.221. The van der Waals surface area contributed by atoms with Gasteiger partial charge in [-0.2, -0.15) is 0 Å². The molecule has 0 spiro atoms. The van der Waals surface area contributed by atoms with Crippen LogP contribution < -0.4 is 10.2 Å². The van der Waals surface area contributed by atoms with Crippen molar-refractivity contribution < 1.29 is 9.59 Å². The van der Waals surface area contributed by atoms with Crippen molar-refractivity contribution >= 4 is 29.1 Å². The Bertz CT molecular complexity index is 737. The maximum atomic E-state index is 12.1. The third-order valence-corrected chi connectivity index (χ3v) is 3.81. The molecular weight excluding hydrogens is 316 g/mol. The molecule has 0 saturated heterocycles. The monoisotopic (exact) mass is 332 g/mol. The first-order valence-corrected chi connectivity index (χ1v) is 7.26. The lowest BCUT2D eigenvalue weighted by atomic mass is 10.2. The molecule has 1 aromatic carbocycles. The fraction of sp³-hybridized carbons (Fsp3) is 0.188. The topological polar surface area (TPSA) is 67.2 Å². The van der Waals surface area contributed by atoms with Crippen LogP contribution in [0.15, 0.2) is 43.1 Å². The molecule has 2 aromatic rings. The van der Waals surface area contributed by atoms with Crippen molar-refractivity contribution in [1.29, 1.82) is 0 Å². The van der Waals surface area contributed by atoms with Gasteiger partial charge >= 0.3 is 0 Å². The Kier molecular flexibility index (Phi) is 5.18. The lowest BCUT2D eigenvalue weighted by Crippen LogP contribution is -2.25. The van der Waals surface area contributed by atoms with Crippen LogP contribution >= 0.6 is 11.6 Å². The van der Waals surface area contributed by atoms with Crippen molar-refractivity contribution in [1.82, 2.24) is 14.9 Å². The third kappa shape index (κ3) is 3.78. The number of hydrogen-bond acceptors (Lipinski definition) is 3. The molecule has 0 radical (unpaired) electrons. The van der Waals surface area contributed by atoms with Gasteiger partial charge in [-0.15, -0.1) is 0 Å². The first kappa shape index (κ1) is 16.8. The number of carbonyl (C=O) groups is 2. The van der Waals surface area contributed by atoms with Gasteiger partial charge < -0.3 is 14.8 Å². The highest BCUT2D eigenvalue weighted by Crippen LogP contribution is 2.14. The van der Waals surface area contributed by atoms with Gasteiger partial charge in [0, 0.05) is 25.3 Å². The molecule has 7 heteroatoms. The maximum Gasteiger partial charge on any atom is 0.251 e. The summed E-state index contributed by atoms with van der Waals surface area (Å²) in [5, 5.41) is 3.28. The van der Waals surface area contributed by atoms with E-state index >= 15 is 0 Å². The smallest absolute Gasteiger partial charge is 0.251 e. The molecule has 0 unspecified atom stereocenters. The highest BCUT2D eigenvalue weighted by Gasteiger charge is 2.11. The van der Waals surface area contributed by atoms with Crippen LogP contribution in [0.2, 0.25) is 5.15 Å². The summed E-state index contributed by atoms with van der Waals surface area (Å²) in [5.41, 5.74) is 1.18. The summed E-state index contributed by atoms with van der Waals surface area (Å²) in [6, 6.07) is 6.72. The van der Waals surface area contributed by atoms with Crippen LogP contribution in [-0.4, -0.2) is 28.4 Å². The van der Waals surface area contributed by atoms with Gasteiger partial charge in [-0.25, -0.2) is 4.98 Å². The van der Waals surface area contributed by atoms with Crippen LogP contribution in [0.5, 0.6) is 0 Å². The van der Waals surface area contributed by atoms with E-state index in [0.717, 1.165) is 0 Å². The minimum Gasteiger partial charge on any atom is -0.345 e. The summed E-state index contributed by atoms with van der Waals surface area (Å²) < 4.78 is 1.70. The fourth-order valence-electron chi connectivity index (χ4n) is 1.95. The molecule has 0 atom stereocenters. The molecule has 0 aliphatic rings. The van der Waals surface area contributed by atoms with Crippen molar-refractivity contribution in [3.8, 4) is 0 Å². The van der Waals surface area contributed by atoms with Crippen LogP contribution in [0, 0.1) is 0 Å². The second-order valence-electron chi connectivity index (χ2n) is 4.89. The normalized spacial score (nSPS) is 10.2. The van der Waals surface area contributed by atoms with Gasteiger partial charge in [0.15, 0.2) is 0 Å². The fourth-order valence-corrected chi connectivity index (χ4v) is 2.10. The van der Waals surface area contributed by atoms with Crippen LogP contribution in [0.3, 0.4) is 0 Å². The average Bonchev–Trinajstić information content (AvgIpc) is 2.90. The van der Waals surface area contributed by atoms with E-state index < -0.39 is 0 Å². The summed E-state index contributed by atoms with van der Waals surface area (Å²) >= 11 is 5.89. The van der Waals surface area contributed by atoms with Gasteiger partial charge in [0.2, 0.25) is 5.91 Å². The Hall–Kier alpha value is -2.60. The number of nitrogens with one attached hydrogen (secondary N) is 1. The zero-order chi connectivity index (χ0) is 17.0. The molecule has 0 fully saturated rings. The van der Waals surface area contributed by atoms with E-state index in [1.807, 2.05) is 0 Å². The predicted octanol–water partition coefficient (Wildman–Crippen LogP) is 2.15. The van der Waals surface area contributed by atoms with Gasteiger partial charge in [-0.05, 0) is 30.3 Å². The lowest BCUT2D eigenvalue weighted by molar-refractivity contribution is -0.113. The molecule has 23 heavy (non-hydrogen) atoms. The number of halogens is 1. The summed E-state index contributed by atoms with van der Waals surface area (Å²) in [6.07, 6.45) is 2.77. The molecule has 2 amide bonds. The number of carbonyl (C=O) groups excluding carboxylic acids is 2. The molecule has 0 aliphatic carbocycles. The first-order chi connectivity index (χ1) is 10.9. The number of imidazole rings is 1. The Balaban J connectivity index is 2.01. The standard InChI is InChI=1S/C16H17ClN4O2/c1-4-15(22)20(2)12-7-5-11(6-8-12)16(23)19-10-14-18-9-13(17)21(14)3/h4-9H,1,10H2,2-3H3,(H,19,23). The van der Waals surface area contributed by atoms with Gasteiger partial charge in [0.1, 0.15) is 11.0 Å². The first-order valence-electron chi connectivity index (χ1n) is 6.88. The molecule has 1 aromatic heterocycles. The molecule has 120 valence electrons. The van der Waals surface area contributed by atoms with E-state index in [2.05, 4.69) is 16.9 Å². The van der Waals surface area contributed by atoms with E-state index in [1.54, 1.807) is 42.9 Å². The number of hydrogen-bond donors (Lipinski definition) is 1. The van der Waals surface area contributed by atoms with Crippen LogP contribution in [0.25, 0.3) is 0 Å². The van der Waals surface area contributed by atoms with E-state index in [0.29, 0.717) is 22.2 Å². The molecule has 0 bridgehead atoms. The highest BCUT2D eigenvalue weighted by molar-refractivity contribution is 6.29. The number of amides is 2. The van der Waals surface area contributed by atoms with E-state index in [9.17, 15) is 9.59 Å². The Labute approximate surface area is 139 Å². The zero-order valence-corrected chi connectivity index (χ0v) is 13.7. The van der Waals surface area contributed by atoms with Gasteiger partial charge in [-0.1, -0.05) is 18.2 Å². The van der Waals surface area contributed by atoms with Crippen LogP contribution in [-0.2, 0) is 18.4 Å². The van der Waals surface area contributed by atoms with Gasteiger partial charge in [0.25, 0.3) is 5.91 Å². The van der Waals surface area contributed by atoms with Crippen molar-refractivity contribution in [3.05, 3.63) is 59.7 Å². The Morgan fingerprint density at radius 2 is 2.04 bits per heavy atom. The van der Waals surface area contributed by atoms with Gasteiger partial charge in [0.05, 0.1) is 12.7 Å². The summed E-state index contributed by atoms with van der Waals surface area (Å²) in [4.78, 5) is 29.2. The molecule has 0 aliphatic heterocycles. The number of rotatable bonds is 5. The second-order valence-corrected chi connectivity index (χ2v) is 5.27. The second kappa shape index (κ2) is 7.11. The van der Waals surface area contributed by atoms with Crippen molar-refractivity contribution in [3.63, 3.8) is 0 Å². The minimum atomic E-state index is -0.228. The van der Waals surface area contributed by atoms with Crippen LogP contribution in [0.1, 0.15) is 16.2 Å². The number of likely N-dealkylation sites (N-methyl/N-ethyl adjacent to an activating group) is 1. The summed E-state index contributed by atoms with van der Waals surface area (Å²) in [7, 11) is 3.42. The zero-order valence-electron chi connectivity index (χ0n) is 12.9. The van der Waals surface area contributed by atoms with Crippen molar-refractivity contribution in [2.75, 3.05) is 11.9 Å². The number of aromatic nitrogens is 2. The SMILES string of the molecule is C=CC(=O)N(C)c1ccc(C(=O)NCc2ncc(Cl)n2C)cc1. The molecule has 6 nitrogen and oxygen atoms in total. The summed E-state index contributed by atoms with van der Waals surface area (Å²) in [6.45, 7) is 3.72. The van der Waals surface area contributed by atoms with E-state index in [-0.39, 0.29) is 18.4 Å². The largest absolute Gasteiger partial charge is 0.345 e. The highest BCUT2D eigenvalue weighted by atomic mass is 35.5.